The molecular weight excluding hydrogens is 442 g/mol. The summed E-state index contributed by atoms with van der Waals surface area (Å²) in [5.74, 6) is -0.266. The van der Waals surface area contributed by atoms with Gasteiger partial charge in [-0.05, 0) is 62.9 Å². The molecular formula is C20H30BrN3O3S. The van der Waals surface area contributed by atoms with Crippen molar-refractivity contribution in [2.24, 2.45) is 5.92 Å². The van der Waals surface area contributed by atoms with E-state index >= 15 is 0 Å². The minimum Gasteiger partial charge on any atom is -0.353 e. The smallest absolute Gasteiger partial charge is 0.243 e. The molecule has 0 aliphatic carbocycles. The Morgan fingerprint density at radius 1 is 1.14 bits per heavy atom. The highest BCUT2D eigenvalue weighted by Crippen LogP contribution is 2.25. The molecule has 1 unspecified atom stereocenters. The van der Waals surface area contributed by atoms with E-state index in [0.29, 0.717) is 13.0 Å². The van der Waals surface area contributed by atoms with Crippen LogP contribution in [-0.4, -0.2) is 62.3 Å². The molecule has 1 aromatic rings. The van der Waals surface area contributed by atoms with Gasteiger partial charge in [-0.3, -0.25) is 4.79 Å². The second-order valence-corrected chi connectivity index (χ2v) is 10.6. The van der Waals surface area contributed by atoms with E-state index in [0.717, 1.165) is 49.8 Å². The Balaban J connectivity index is 1.57. The standard InChI is InChI=1S/C20H30BrN3O3S/c1-2-11-23-13-9-18(10-14-23)22-20(25)16-4-3-12-24(15-16)28(26,27)19-7-5-17(21)6-8-19/h5-8,16,18H,2-4,9-15H2,1H3,(H,22,25). The molecule has 0 spiro atoms. The zero-order valence-corrected chi connectivity index (χ0v) is 18.8. The molecule has 1 atom stereocenters. The zero-order chi connectivity index (χ0) is 20.1. The molecule has 0 aromatic heterocycles. The van der Waals surface area contributed by atoms with E-state index in [-0.39, 0.29) is 29.3 Å². The number of carbonyl (C=O) groups is 1. The van der Waals surface area contributed by atoms with Gasteiger partial charge >= 0.3 is 0 Å². The minimum absolute atomic E-state index is 0.00430. The number of rotatable bonds is 6. The van der Waals surface area contributed by atoms with E-state index in [4.69, 9.17) is 0 Å². The molecule has 0 bridgehead atoms. The number of halogens is 1. The van der Waals surface area contributed by atoms with Crippen LogP contribution in [0.2, 0.25) is 0 Å². The monoisotopic (exact) mass is 471 g/mol. The molecule has 1 aromatic carbocycles. The molecule has 0 saturated carbocycles. The lowest BCUT2D eigenvalue weighted by Gasteiger charge is -2.35. The van der Waals surface area contributed by atoms with Gasteiger partial charge in [0.1, 0.15) is 0 Å². The lowest BCUT2D eigenvalue weighted by atomic mass is 9.97. The molecule has 2 heterocycles. The number of benzene rings is 1. The fraction of sp³-hybridized carbons (Fsp3) is 0.650. The second-order valence-electron chi connectivity index (χ2n) is 7.78. The predicted molar refractivity (Wildman–Crippen MR) is 114 cm³/mol. The Morgan fingerprint density at radius 3 is 2.46 bits per heavy atom. The third-order valence-corrected chi connectivity index (χ3v) is 8.09. The van der Waals surface area contributed by atoms with E-state index in [1.54, 1.807) is 24.3 Å². The van der Waals surface area contributed by atoms with Gasteiger partial charge in [-0.25, -0.2) is 8.42 Å². The first-order valence-corrected chi connectivity index (χ1v) is 12.4. The number of hydrogen-bond donors (Lipinski definition) is 1. The van der Waals surface area contributed by atoms with E-state index < -0.39 is 10.0 Å². The lowest BCUT2D eigenvalue weighted by molar-refractivity contribution is -0.127. The molecule has 1 N–H and O–H groups in total. The van der Waals surface area contributed by atoms with Crippen LogP contribution in [0.5, 0.6) is 0 Å². The summed E-state index contributed by atoms with van der Waals surface area (Å²) in [7, 11) is -3.57. The molecule has 0 radical (unpaired) electrons. The summed E-state index contributed by atoms with van der Waals surface area (Å²) in [5.41, 5.74) is 0. The van der Waals surface area contributed by atoms with Crippen molar-refractivity contribution in [1.29, 1.82) is 0 Å². The van der Waals surface area contributed by atoms with Crippen LogP contribution in [0.15, 0.2) is 33.6 Å². The Morgan fingerprint density at radius 2 is 1.82 bits per heavy atom. The highest BCUT2D eigenvalue weighted by Gasteiger charge is 2.34. The second kappa shape index (κ2) is 9.69. The number of nitrogens with one attached hydrogen (secondary N) is 1. The van der Waals surface area contributed by atoms with Crippen molar-refractivity contribution >= 4 is 31.9 Å². The van der Waals surface area contributed by atoms with Gasteiger partial charge in [0, 0.05) is 36.7 Å². The molecule has 8 heteroatoms. The summed E-state index contributed by atoms with van der Waals surface area (Å²) in [6.07, 6.45) is 4.55. The Kier molecular flexibility index (Phi) is 7.53. The molecule has 6 nitrogen and oxygen atoms in total. The normalized spacial score (nSPS) is 22.9. The van der Waals surface area contributed by atoms with Gasteiger partial charge in [0.2, 0.25) is 15.9 Å². The summed E-state index contributed by atoms with van der Waals surface area (Å²) < 4.78 is 28.2. The lowest BCUT2D eigenvalue weighted by Crippen LogP contribution is -2.50. The summed E-state index contributed by atoms with van der Waals surface area (Å²) in [5, 5.41) is 3.18. The Labute approximate surface area is 176 Å². The quantitative estimate of drug-likeness (QED) is 0.692. The van der Waals surface area contributed by atoms with Crippen LogP contribution in [0.25, 0.3) is 0 Å². The van der Waals surface area contributed by atoms with Crippen LogP contribution in [0.4, 0.5) is 0 Å². The minimum atomic E-state index is -3.57. The van der Waals surface area contributed by atoms with Crippen molar-refractivity contribution < 1.29 is 13.2 Å². The average Bonchev–Trinajstić information content (AvgIpc) is 2.70. The van der Waals surface area contributed by atoms with Crippen LogP contribution < -0.4 is 5.32 Å². The molecule has 156 valence electrons. The number of amides is 1. The fourth-order valence-electron chi connectivity index (χ4n) is 4.07. The van der Waals surface area contributed by atoms with E-state index in [2.05, 4.69) is 33.1 Å². The van der Waals surface area contributed by atoms with Gasteiger partial charge in [0.05, 0.1) is 10.8 Å². The first-order chi connectivity index (χ1) is 13.4. The maximum absolute atomic E-state index is 12.9. The molecule has 2 saturated heterocycles. The molecule has 2 fully saturated rings. The van der Waals surface area contributed by atoms with Crippen molar-refractivity contribution in [3.05, 3.63) is 28.7 Å². The maximum atomic E-state index is 12.9. The molecule has 2 aliphatic heterocycles. The van der Waals surface area contributed by atoms with E-state index in [1.807, 2.05) is 0 Å². The highest BCUT2D eigenvalue weighted by molar-refractivity contribution is 9.10. The number of hydrogen-bond acceptors (Lipinski definition) is 4. The number of sulfonamides is 1. The first-order valence-electron chi connectivity index (χ1n) is 10.2. The summed E-state index contributed by atoms with van der Waals surface area (Å²) >= 11 is 3.33. The average molecular weight is 472 g/mol. The van der Waals surface area contributed by atoms with Crippen molar-refractivity contribution in [3.63, 3.8) is 0 Å². The third kappa shape index (κ3) is 5.34. The highest BCUT2D eigenvalue weighted by atomic mass is 79.9. The molecule has 1 amide bonds. The van der Waals surface area contributed by atoms with Crippen molar-refractivity contribution in [2.45, 2.75) is 50.0 Å². The van der Waals surface area contributed by atoms with Crippen LogP contribution in [0.3, 0.4) is 0 Å². The van der Waals surface area contributed by atoms with Crippen molar-refractivity contribution in [2.75, 3.05) is 32.7 Å². The predicted octanol–water partition coefficient (Wildman–Crippen LogP) is 2.84. The molecule has 28 heavy (non-hydrogen) atoms. The number of likely N-dealkylation sites (tertiary alicyclic amines) is 1. The zero-order valence-electron chi connectivity index (χ0n) is 16.4. The van der Waals surface area contributed by atoms with Crippen LogP contribution in [0, 0.1) is 5.92 Å². The van der Waals surface area contributed by atoms with E-state index in [9.17, 15) is 13.2 Å². The van der Waals surface area contributed by atoms with Gasteiger partial charge in [0.25, 0.3) is 0 Å². The number of nitrogens with zero attached hydrogens (tertiary/aromatic N) is 2. The van der Waals surface area contributed by atoms with Gasteiger partial charge in [-0.15, -0.1) is 0 Å². The van der Waals surface area contributed by atoms with Crippen molar-refractivity contribution in [3.8, 4) is 0 Å². The van der Waals surface area contributed by atoms with Gasteiger partial charge < -0.3 is 10.2 Å². The molecule has 2 aliphatic rings. The van der Waals surface area contributed by atoms with Crippen molar-refractivity contribution in [1.82, 2.24) is 14.5 Å². The SMILES string of the molecule is CCCN1CCC(NC(=O)C2CCCN(S(=O)(=O)c3ccc(Br)cc3)C2)CC1. The van der Waals surface area contributed by atoms with Gasteiger partial charge in [-0.1, -0.05) is 22.9 Å². The van der Waals surface area contributed by atoms with Gasteiger partial charge in [-0.2, -0.15) is 4.31 Å². The Hall–Kier alpha value is -0.960. The topological polar surface area (TPSA) is 69.7 Å². The van der Waals surface area contributed by atoms with Gasteiger partial charge in [0.15, 0.2) is 0 Å². The third-order valence-electron chi connectivity index (χ3n) is 5.68. The maximum Gasteiger partial charge on any atom is 0.243 e. The largest absolute Gasteiger partial charge is 0.353 e. The Bertz CT molecular complexity index is 761. The van der Waals surface area contributed by atoms with E-state index in [1.165, 1.54) is 4.31 Å². The van der Waals surface area contributed by atoms with Crippen LogP contribution >= 0.6 is 15.9 Å². The number of piperidine rings is 2. The molecule has 3 rings (SSSR count). The summed E-state index contributed by atoms with van der Waals surface area (Å²) in [4.78, 5) is 15.5. The summed E-state index contributed by atoms with van der Waals surface area (Å²) in [6.45, 7) is 6.08. The van der Waals surface area contributed by atoms with Crippen LogP contribution in [-0.2, 0) is 14.8 Å². The fourth-order valence-corrected chi connectivity index (χ4v) is 5.85. The first kappa shape index (κ1) is 21.7. The van der Waals surface area contributed by atoms with Crippen LogP contribution in [0.1, 0.15) is 39.0 Å². The number of carbonyl (C=O) groups excluding carboxylic acids is 1. The summed E-state index contributed by atoms with van der Waals surface area (Å²) in [6, 6.07) is 6.87.